The number of carbonyl (C=O) groups excluding carboxylic acids is 1. The van der Waals surface area contributed by atoms with Gasteiger partial charge in [0, 0.05) is 0 Å². The van der Waals surface area contributed by atoms with E-state index in [2.05, 4.69) is 10.3 Å². The number of carbonyl (C=O) groups is 2. The molecule has 3 rings (SSSR count). The van der Waals surface area contributed by atoms with Gasteiger partial charge in [-0.3, -0.25) is 4.79 Å². The number of methoxy groups -OCH3 is 1. The Bertz CT molecular complexity index is 1060. The smallest absolute Gasteiger partial charge is 0.344 e. The number of benzene rings is 2. The molecule has 1 aliphatic heterocycles. The molecular formula is C22H22N2O5S. The second-order valence-corrected chi connectivity index (χ2v) is 7.81. The zero-order valence-corrected chi connectivity index (χ0v) is 17.9. The molecule has 1 heterocycles. The average Bonchev–Trinajstić information content (AvgIpc) is 3.04. The van der Waals surface area contributed by atoms with Crippen molar-refractivity contribution in [2.45, 2.75) is 26.9 Å². The van der Waals surface area contributed by atoms with Gasteiger partial charge in [0.05, 0.1) is 17.7 Å². The molecule has 2 N–H and O–H groups in total. The largest absolute Gasteiger partial charge is 0.493 e. The van der Waals surface area contributed by atoms with Gasteiger partial charge >= 0.3 is 5.97 Å². The summed E-state index contributed by atoms with van der Waals surface area (Å²) in [5.74, 6) is -0.610. The third kappa shape index (κ3) is 5.01. The Labute approximate surface area is 178 Å². The van der Waals surface area contributed by atoms with Crippen molar-refractivity contribution in [3.8, 4) is 11.5 Å². The minimum absolute atomic E-state index is 0.233. The van der Waals surface area contributed by atoms with Crippen LogP contribution in [0.3, 0.4) is 0 Å². The van der Waals surface area contributed by atoms with Crippen molar-refractivity contribution in [2.24, 2.45) is 4.99 Å². The number of carboxylic acid groups (broad SMARTS) is 1. The molecule has 1 saturated heterocycles. The lowest BCUT2D eigenvalue weighted by Gasteiger charge is -2.14. The SMILES string of the molecule is COc1cc(/C=C2/SC(=Nc3cc(C)ccc3C)NC2=O)ccc1OC(C)C(=O)O. The zero-order chi connectivity index (χ0) is 21.8. The number of aryl methyl sites for hydroxylation is 2. The van der Waals surface area contributed by atoms with E-state index in [0.29, 0.717) is 27.1 Å². The molecule has 2 aromatic rings. The molecule has 0 radical (unpaired) electrons. The summed E-state index contributed by atoms with van der Waals surface area (Å²) in [5.41, 5.74) is 3.65. The van der Waals surface area contributed by atoms with E-state index in [9.17, 15) is 9.59 Å². The van der Waals surface area contributed by atoms with Gasteiger partial charge in [-0.15, -0.1) is 0 Å². The van der Waals surface area contributed by atoms with Gasteiger partial charge in [-0.05, 0) is 73.5 Å². The first-order chi connectivity index (χ1) is 14.3. The number of carboxylic acids is 1. The lowest BCUT2D eigenvalue weighted by molar-refractivity contribution is -0.144. The summed E-state index contributed by atoms with van der Waals surface area (Å²) in [6.07, 6.45) is 0.710. The molecule has 0 spiro atoms. The molecule has 1 aliphatic rings. The number of aliphatic imine (C=N–C) groups is 1. The van der Waals surface area contributed by atoms with Crippen molar-refractivity contribution >= 4 is 40.6 Å². The van der Waals surface area contributed by atoms with Gasteiger partial charge in [0.15, 0.2) is 22.8 Å². The molecule has 7 nitrogen and oxygen atoms in total. The zero-order valence-electron chi connectivity index (χ0n) is 17.1. The van der Waals surface area contributed by atoms with Crippen LogP contribution < -0.4 is 14.8 Å². The quantitative estimate of drug-likeness (QED) is 0.676. The maximum Gasteiger partial charge on any atom is 0.344 e. The van der Waals surface area contributed by atoms with Gasteiger partial charge < -0.3 is 19.9 Å². The number of amidine groups is 1. The highest BCUT2D eigenvalue weighted by molar-refractivity contribution is 8.18. The Morgan fingerprint density at radius 3 is 2.67 bits per heavy atom. The van der Waals surface area contributed by atoms with Crippen LogP contribution >= 0.6 is 11.8 Å². The fourth-order valence-electron chi connectivity index (χ4n) is 2.69. The number of nitrogens with one attached hydrogen (secondary N) is 1. The van der Waals surface area contributed by atoms with Crippen LogP contribution in [0.2, 0.25) is 0 Å². The molecule has 2 aromatic carbocycles. The van der Waals surface area contributed by atoms with Crippen LogP contribution in [-0.2, 0) is 9.59 Å². The molecule has 8 heteroatoms. The van der Waals surface area contributed by atoms with Crippen molar-refractivity contribution in [1.82, 2.24) is 5.32 Å². The van der Waals surface area contributed by atoms with E-state index < -0.39 is 12.1 Å². The Hall–Kier alpha value is -3.26. The second-order valence-electron chi connectivity index (χ2n) is 6.78. The molecular weight excluding hydrogens is 404 g/mol. The number of nitrogens with zero attached hydrogens (tertiary/aromatic N) is 1. The lowest BCUT2D eigenvalue weighted by atomic mass is 10.1. The van der Waals surface area contributed by atoms with E-state index in [1.165, 1.54) is 25.8 Å². The Morgan fingerprint density at radius 2 is 1.97 bits per heavy atom. The predicted molar refractivity (Wildman–Crippen MR) is 117 cm³/mol. The van der Waals surface area contributed by atoms with Crippen LogP contribution in [-0.4, -0.2) is 35.4 Å². The second kappa shape index (κ2) is 9.04. The minimum atomic E-state index is -1.07. The first kappa shape index (κ1) is 21.4. The Balaban J connectivity index is 1.83. The summed E-state index contributed by atoms with van der Waals surface area (Å²) < 4.78 is 10.7. The normalized spacial score (nSPS) is 17.1. The standard InChI is InChI=1S/C22H22N2O5S/c1-12-5-6-13(2)16(9-12)23-22-24-20(25)19(30-22)11-15-7-8-17(18(10-15)28-4)29-14(3)21(26)27/h5-11,14H,1-4H3,(H,26,27)(H,23,24,25)/b19-11+. The van der Waals surface area contributed by atoms with Crippen LogP contribution in [0, 0.1) is 13.8 Å². The number of ether oxygens (including phenoxy) is 2. The van der Waals surface area contributed by atoms with Crippen molar-refractivity contribution < 1.29 is 24.2 Å². The van der Waals surface area contributed by atoms with Gasteiger partial charge in [-0.25, -0.2) is 9.79 Å². The molecule has 1 fully saturated rings. The summed E-state index contributed by atoms with van der Waals surface area (Å²) in [6, 6.07) is 11.0. The van der Waals surface area contributed by atoms with E-state index >= 15 is 0 Å². The van der Waals surface area contributed by atoms with E-state index in [-0.39, 0.29) is 5.91 Å². The molecule has 1 atom stereocenters. The van der Waals surface area contributed by atoms with Gasteiger partial charge in [0.25, 0.3) is 5.91 Å². The fraction of sp³-hybridized carbons (Fsp3) is 0.227. The maximum atomic E-state index is 12.4. The van der Waals surface area contributed by atoms with E-state index in [1.807, 2.05) is 32.0 Å². The topological polar surface area (TPSA) is 97.2 Å². The number of hydrogen-bond donors (Lipinski definition) is 2. The summed E-state index contributed by atoms with van der Waals surface area (Å²) in [7, 11) is 1.47. The molecule has 0 aromatic heterocycles. The Kier molecular flexibility index (Phi) is 6.47. The van der Waals surface area contributed by atoms with Crippen molar-refractivity contribution in [2.75, 3.05) is 7.11 Å². The summed E-state index contributed by atoms with van der Waals surface area (Å²) in [6.45, 7) is 5.40. The summed E-state index contributed by atoms with van der Waals surface area (Å²) in [5, 5.41) is 12.3. The van der Waals surface area contributed by atoms with Gasteiger partial charge in [-0.1, -0.05) is 18.2 Å². The van der Waals surface area contributed by atoms with Crippen LogP contribution in [0.15, 0.2) is 46.3 Å². The van der Waals surface area contributed by atoms with Crippen molar-refractivity contribution in [1.29, 1.82) is 0 Å². The highest BCUT2D eigenvalue weighted by atomic mass is 32.2. The van der Waals surface area contributed by atoms with E-state index in [0.717, 1.165) is 16.8 Å². The maximum absolute atomic E-state index is 12.4. The van der Waals surface area contributed by atoms with Crippen LogP contribution in [0.5, 0.6) is 11.5 Å². The molecule has 1 unspecified atom stereocenters. The summed E-state index contributed by atoms with van der Waals surface area (Å²) >= 11 is 1.26. The third-order valence-corrected chi connectivity index (χ3v) is 5.28. The third-order valence-electron chi connectivity index (χ3n) is 4.37. The van der Waals surface area contributed by atoms with Crippen LogP contribution in [0.4, 0.5) is 5.69 Å². The number of aliphatic carboxylic acids is 1. The minimum Gasteiger partial charge on any atom is -0.493 e. The number of hydrogen-bond acceptors (Lipinski definition) is 6. The number of amides is 1. The number of thioether (sulfide) groups is 1. The van der Waals surface area contributed by atoms with Gasteiger partial charge in [-0.2, -0.15) is 0 Å². The van der Waals surface area contributed by atoms with E-state index in [1.54, 1.807) is 24.3 Å². The Morgan fingerprint density at radius 1 is 1.20 bits per heavy atom. The summed E-state index contributed by atoms with van der Waals surface area (Å²) in [4.78, 5) is 28.4. The van der Waals surface area contributed by atoms with Gasteiger partial charge in [0.2, 0.25) is 0 Å². The number of rotatable bonds is 6. The molecule has 156 valence electrons. The molecule has 0 aliphatic carbocycles. The van der Waals surface area contributed by atoms with Crippen LogP contribution in [0.25, 0.3) is 6.08 Å². The van der Waals surface area contributed by atoms with Crippen molar-refractivity contribution in [3.05, 3.63) is 58.0 Å². The molecule has 0 saturated carbocycles. The monoisotopic (exact) mass is 426 g/mol. The highest BCUT2D eigenvalue weighted by Gasteiger charge is 2.24. The molecule has 1 amide bonds. The molecule has 30 heavy (non-hydrogen) atoms. The fourth-order valence-corrected chi connectivity index (χ4v) is 3.53. The first-order valence-electron chi connectivity index (χ1n) is 9.21. The highest BCUT2D eigenvalue weighted by Crippen LogP contribution is 2.33. The van der Waals surface area contributed by atoms with E-state index in [4.69, 9.17) is 14.6 Å². The lowest BCUT2D eigenvalue weighted by Crippen LogP contribution is -2.23. The average molecular weight is 426 g/mol. The predicted octanol–water partition coefficient (Wildman–Crippen LogP) is 4.06. The van der Waals surface area contributed by atoms with Gasteiger partial charge in [0.1, 0.15) is 0 Å². The molecule has 0 bridgehead atoms. The first-order valence-corrected chi connectivity index (χ1v) is 10.0. The van der Waals surface area contributed by atoms with Crippen molar-refractivity contribution in [3.63, 3.8) is 0 Å². The van der Waals surface area contributed by atoms with Crippen LogP contribution in [0.1, 0.15) is 23.6 Å².